The Morgan fingerprint density at radius 2 is 1.93 bits per heavy atom. The molecule has 6 nitrogen and oxygen atoms in total. The summed E-state index contributed by atoms with van der Waals surface area (Å²) in [5, 5.41) is 11.9. The van der Waals surface area contributed by atoms with Crippen molar-refractivity contribution in [1.82, 2.24) is 25.1 Å². The van der Waals surface area contributed by atoms with Gasteiger partial charge in [-0.15, -0.1) is 5.10 Å². The Kier molecular flexibility index (Phi) is 6.18. The van der Waals surface area contributed by atoms with Gasteiger partial charge in [0.25, 0.3) is 0 Å². The number of amides is 1. The molecule has 0 N–H and O–H groups in total. The van der Waals surface area contributed by atoms with Crippen molar-refractivity contribution in [3.8, 4) is 5.69 Å². The van der Waals surface area contributed by atoms with E-state index in [1.165, 1.54) is 34.1 Å². The Morgan fingerprint density at radius 1 is 1.19 bits per heavy atom. The van der Waals surface area contributed by atoms with Crippen molar-refractivity contribution in [2.24, 2.45) is 0 Å². The van der Waals surface area contributed by atoms with Crippen LogP contribution in [0.2, 0.25) is 0 Å². The molecule has 0 aliphatic carbocycles. The summed E-state index contributed by atoms with van der Waals surface area (Å²) < 4.78 is 14.8. The first kappa shape index (κ1) is 19.0. The average molecular weight is 385 g/mol. The van der Waals surface area contributed by atoms with E-state index in [4.69, 9.17) is 0 Å². The molecule has 0 fully saturated rings. The summed E-state index contributed by atoms with van der Waals surface area (Å²) in [5.74, 6) is -0.212. The SMILES string of the molecule is CCc1ccc(CN(C)C(=O)CSc2nnnn2-c2cccc(F)c2)cc1. The van der Waals surface area contributed by atoms with Crippen LogP contribution in [0.4, 0.5) is 4.39 Å². The van der Waals surface area contributed by atoms with Crippen LogP contribution in [0.25, 0.3) is 5.69 Å². The Balaban J connectivity index is 1.60. The fraction of sp³-hybridized carbons (Fsp3) is 0.263. The van der Waals surface area contributed by atoms with Gasteiger partial charge in [-0.3, -0.25) is 4.79 Å². The first-order chi connectivity index (χ1) is 13.1. The molecule has 1 aromatic heterocycles. The van der Waals surface area contributed by atoms with Gasteiger partial charge < -0.3 is 4.90 Å². The number of halogens is 1. The molecule has 0 bridgehead atoms. The predicted molar refractivity (Wildman–Crippen MR) is 102 cm³/mol. The second kappa shape index (κ2) is 8.77. The first-order valence-electron chi connectivity index (χ1n) is 8.55. The highest BCUT2D eigenvalue weighted by Gasteiger charge is 2.15. The lowest BCUT2D eigenvalue weighted by Crippen LogP contribution is -2.27. The Labute approximate surface area is 161 Å². The van der Waals surface area contributed by atoms with Crippen LogP contribution in [0.3, 0.4) is 0 Å². The third kappa shape index (κ3) is 4.91. The third-order valence-electron chi connectivity index (χ3n) is 4.10. The third-order valence-corrected chi connectivity index (χ3v) is 5.00. The number of nitrogens with zero attached hydrogens (tertiary/aromatic N) is 5. The van der Waals surface area contributed by atoms with Crippen LogP contribution < -0.4 is 0 Å². The molecule has 140 valence electrons. The van der Waals surface area contributed by atoms with Crippen LogP contribution in [-0.2, 0) is 17.8 Å². The summed E-state index contributed by atoms with van der Waals surface area (Å²) in [5.41, 5.74) is 2.87. The number of rotatable bonds is 7. The van der Waals surface area contributed by atoms with E-state index in [1.807, 2.05) is 12.1 Å². The van der Waals surface area contributed by atoms with E-state index in [1.54, 1.807) is 24.1 Å². The van der Waals surface area contributed by atoms with E-state index < -0.39 is 0 Å². The van der Waals surface area contributed by atoms with Gasteiger partial charge >= 0.3 is 0 Å². The zero-order chi connectivity index (χ0) is 19.2. The summed E-state index contributed by atoms with van der Waals surface area (Å²) in [7, 11) is 1.77. The van der Waals surface area contributed by atoms with Crippen LogP contribution in [0.15, 0.2) is 53.7 Å². The molecule has 0 atom stereocenters. The van der Waals surface area contributed by atoms with Crippen molar-refractivity contribution in [3.05, 3.63) is 65.5 Å². The number of hydrogen-bond donors (Lipinski definition) is 0. The number of benzene rings is 2. The molecule has 0 unspecified atom stereocenters. The van der Waals surface area contributed by atoms with Crippen molar-refractivity contribution in [1.29, 1.82) is 0 Å². The number of hydrogen-bond acceptors (Lipinski definition) is 5. The van der Waals surface area contributed by atoms with E-state index in [0.717, 1.165) is 12.0 Å². The molecule has 3 aromatic rings. The summed E-state index contributed by atoms with van der Waals surface area (Å²) in [6, 6.07) is 14.2. The molecule has 8 heteroatoms. The maximum atomic E-state index is 13.4. The van der Waals surface area contributed by atoms with Crippen LogP contribution >= 0.6 is 11.8 Å². The van der Waals surface area contributed by atoms with Gasteiger partial charge in [0.2, 0.25) is 11.1 Å². The normalized spacial score (nSPS) is 10.8. The highest BCUT2D eigenvalue weighted by Crippen LogP contribution is 2.19. The van der Waals surface area contributed by atoms with Gasteiger partial charge in [0.05, 0.1) is 11.4 Å². The van der Waals surface area contributed by atoms with Crippen molar-refractivity contribution >= 4 is 17.7 Å². The zero-order valence-electron chi connectivity index (χ0n) is 15.2. The maximum Gasteiger partial charge on any atom is 0.233 e. The standard InChI is InChI=1S/C19H20FN5OS/c1-3-14-7-9-15(10-8-14)12-24(2)18(26)13-27-19-21-22-23-25(19)17-6-4-5-16(20)11-17/h4-11H,3,12-13H2,1-2H3. The quantitative estimate of drug-likeness (QED) is 0.585. The molecular formula is C19H20FN5OS. The summed E-state index contributed by atoms with van der Waals surface area (Å²) in [4.78, 5) is 14.1. The fourth-order valence-corrected chi connectivity index (χ4v) is 3.35. The van der Waals surface area contributed by atoms with Crippen molar-refractivity contribution < 1.29 is 9.18 Å². The molecule has 0 spiro atoms. The van der Waals surface area contributed by atoms with Crippen molar-refractivity contribution in [2.45, 2.75) is 25.0 Å². The number of aromatic nitrogens is 4. The molecule has 2 aromatic carbocycles. The van der Waals surface area contributed by atoms with Gasteiger partial charge in [0.15, 0.2) is 0 Å². The molecule has 3 rings (SSSR count). The Morgan fingerprint density at radius 3 is 2.63 bits per heavy atom. The van der Waals surface area contributed by atoms with E-state index in [2.05, 4.69) is 34.6 Å². The van der Waals surface area contributed by atoms with Crippen LogP contribution in [-0.4, -0.2) is 43.8 Å². The number of thioether (sulfide) groups is 1. The van der Waals surface area contributed by atoms with E-state index in [9.17, 15) is 9.18 Å². The monoisotopic (exact) mass is 385 g/mol. The van der Waals surface area contributed by atoms with Gasteiger partial charge in [0.1, 0.15) is 5.82 Å². The van der Waals surface area contributed by atoms with E-state index in [0.29, 0.717) is 17.4 Å². The van der Waals surface area contributed by atoms with Crippen molar-refractivity contribution in [3.63, 3.8) is 0 Å². The topological polar surface area (TPSA) is 63.9 Å². The summed E-state index contributed by atoms with van der Waals surface area (Å²) in [6.45, 7) is 2.65. The smallest absolute Gasteiger partial charge is 0.233 e. The molecule has 0 aliphatic heterocycles. The minimum atomic E-state index is -0.371. The molecule has 0 aliphatic rings. The highest BCUT2D eigenvalue weighted by atomic mass is 32.2. The van der Waals surface area contributed by atoms with Gasteiger partial charge in [-0.25, -0.2) is 4.39 Å². The lowest BCUT2D eigenvalue weighted by Gasteiger charge is -2.17. The van der Waals surface area contributed by atoms with Gasteiger partial charge in [0, 0.05) is 13.6 Å². The molecular weight excluding hydrogens is 365 g/mol. The minimum Gasteiger partial charge on any atom is -0.341 e. The van der Waals surface area contributed by atoms with Gasteiger partial charge in [-0.2, -0.15) is 4.68 Å². The molecule has 27 heavy (non-hydrogen) atoms. The molecule has 0 radical (unpaired) electrons. The van der Waals surface area contributed by atoms with Gasteiger partial charge in [-0.1, -0.05) is 49.0 Å². The second-order valence-electron chi connectivity index (χ2n) is 6.06. The largest absolute Gasteiger partial charge is 0.341 e. The van der Waals surface area contributed by atoms with E-state index in [-0.39, 0.29) is 17.5 Å². The average Bonchev–Trinajstić information content (AvgIpc) is 3.15. The van der Waals surface area contributed by atoms with Crippen molar-refractivity contribution in [2.75, 3.05) is 12.8 Å². The Bertz CT molecular complexity index is 912. The summed E-state index contributed by atoms with van der Waals surface area (Å²) in [6.07, 6.45) is 0.992. The number of aryl methyl sites for hydroxylation is 1. The van der Waals surface area contributed by atoms with Crippen LogP contribution in [0, 0.1) is 5.82 Å². The lowest BCUT2D eigenvalue weighted by molar-refractivity contribution is -0.127. The predicted octanol–water partition coefficient (Wildman–Crippen LogP) is 3.11. The van der Waals surface area contributed by atoms with Gasteiger partial charge in [-0.05, 0) is 46.2 Å². The number of tetrazole rings is 1. The lowest BCUT2D eigenvalue weighted by atomic mass is 10.1. The number of carbonyl (C=O) groups is 1. The van der Waals surface area contributed by atoms with Crippen LogP contribution in [0.5, 0.6) is 0 Å². The molecule has 0 saturated heterocycles. The first-order valence-corrected chi connectivity index (χ1v) is 9.54. The Hall–Kier alpha value is -2.74. The minimum absolute atomic E-state index is 0.0339. The molecule has 1 heterocycles. The molecule has 1 amide bonds. The molecule has 0 saturated carbocycles. The van der Waals surface area contributed by atoms with Crippen LogP contribution in [0.1, 0.15) is 18.1 Å². The zero-order valence-corrected chi connectivity index (χ0v) is 16.0. The second-order valence-corrected chi connectivity index (χ2v) is 7.00. The maximum absolute atomic E-state index is 13.4. The summed E-state index contributed by atoms with van der Waals surface area (Å²) >= 11 is 1.22. The fourth-order valence-electron chi connectivity index (χ4n) is 2.52. The highest BCUT2D eigenvalue weighted by molar-refractivity contribution is 7.99. The van der Waals surface area contributed by atoms with E-state index >= 15 is 0 Å². The number of carbonyl (C=O) groups excluding carboxylic acids is 1.